The summed E-state index contributed by atoms with van der Waals surface area (Å²) in [5.74, 6) is -0.278. The summed E-state index contributed by atoms with van der Waals surface area (Å²) in [4.78, 5) is 11.8. The Hall–Kier alpha value is -2.64. The lowest BCUT2D eigenvalue weighted by Gasteiger charge is -2.09. The number of hydrogen-bond donors (Lipinski definition) is 2. The van der Waals surface area contributed by atoms with Crippen LogP contribution in [-0.2, 0) is 6.54 Å². The molecule has 0 atom stereocenters. The van der Waals surface area contributed by atoms with Crippen molar-refractivity contribution in [1.29, 1.82) is 0 Å². The van der Waals surface area contributed by atoms with Crippen molar-refractivity contribution in [1.82, 2.24) is 14.8 Å². The van der Waals surface area contributed by atoms with Crippen LogP contribution in [0.3, 0.4) is 0 Å². The lowest BCUT2D eigenvalue weighted by atomic mass is 10.2. The van der Waals surface area contributed by atoms with Crippen molar-refractivity contribution in [2.45, 2.75) is 16.6 Å². The number of rotatable bonds is 5. The summed E-state index contributed by atoms with van der Waals surface area (Å²) in [5, 5.41) is 17.9. The number of para-hydroxylation sites is 1. The summed E-state index contributed by atoms with van der Waals surface area (Å²) < 4.78 is 1.90. The molecule has 7 heteroatoms. The standard InChI is InChI=1S/C16H14N4O2S/c17-10-14-18-19-16(20(14)12-4-2-1-3-5-12)23-13-8-6-11(7-9-13)15(21)22/h1-9H,10,17H2,(H,21,22). The predicted octanol–water partition coefficient (Wildman–Crippen LogP) is 2.58. The van der Waals surface area contributed by atoms with Crippen LogP contribution in [0.1, 0.15) is 16.2 Å². The molecule has 1 aromatic heterocycles. The van der Waals surface area contributed by atoms with Gasteiger partial charge in [-0.25, -0.2) is 4.79 Å². The van der Waals surface area contributed by atoms with Crippen LogP contribution in [0.4, 0.5) is 0 Å². The van der Waals surface area contributed by atoms with E-state index in [1.807, 2.05) is 34.9 Å². The van der Waals surface area contributed by atoms with Crippen LogP contribution < -0.4 is 5.73 Å². The first-order chi connectivity index (χ1) is 11.2. The summed E-state index contributed by atoms with van der Waals surface area (Å²) >= 11 is 1.41. The molecule has 0 fully saturated rings. The fraction of sp³-hybridized carbons (Fsp3) is 0.0625. The first-order valence-electron chi connectivity index (χ1n) is 6.90. The smallest absolute Gasteiger partial charge is 0.335 e. The van der Waals surface area contributed by atoms with Gasteiger partial charge in [0.15, 0.2) is 5.82 Å². The molecule has 23 heavy (non-hydrogen) atoms. The Balaban J connectivity index is 1.94. The maximum atomic E-state index is 10.9. The van der Waals surface area contributed by atoms with Gasteiger partial charge in [0.25, 0.3) is 0 Å². The number of carbonyl (C=O) groups is 1. The molecule has 3 N–H and O–H groups in total. The molecule has 3 rings (SSSR count). The van der Waals surface area contributed by atoms with Crippen molar-refractivity contribution in [3.8, 4) is 5.69 Å². The van der Waals surface area contributed by atoms with Crippen LogP contribution in [0, 0.1) is 0 Å². The molecule has 0 aliphatic heterocycles. The van der Waals surface area contributed by atoms with Crippen LogP contribution in [0.2, 0.25) is 0 Å². The van der Waals surface area contributed by atoms with Gasteiger partial charge in [0.1, 0.15) is 0 Å². The molecule has 0 spiro atoms. The van der Waals surface area contributed by atoms with Gasteiger partial charge < -0.3 is 10.8 Å². The monoisotopic (exact) mass is 326 g/mol. The number of nitrogens with zero attached hydrogens (tertiary/aromatic N) is 3. The Morgan fingerprint density at radius 2 is 1.78 bits per heavy atom. The molecule has 3 aromatic rings. The fourth-order valence-corrected chi connectivity index (χ4v) is 2.97. The normalized spacial score (nSPS) is 10.7. The summed E-state index contributed by atoms with van der Waals surface area (Å²) in [7, 11) is 0. The lowest BCUT2D eigenvalue weighted by Crippen LogP contribution is -2.07. The van der Waals surface area contributed by atoms with Crippen molar-refractivity contribution in [2.75, 3.05) is 0 Å². The van der Waals surface area contributed by atoms with E-state index in [-0.39, 0.29) is 12.1 Å². The van der Waals surface area contributed by atoms with Gasteiger partial charge in [-0.2, -0.15) is 0 Å². The minimum Gasteiger partial charge on any atom is -0.478 e. The predicted molar refractivity (Wildman–Crippen MR) is 86.8 cm³/mol. The topological polar surface area (TPSA) is 94.0 Å². The van der Waals surface area contributed by atoms with Gasteiger partial charge in [0, 0.05) is 10.6 Å². The minimum atomic E-state index is -0.945. The molecule has 0 radical (unpaired) electrons. The molecule has 0 bridgehead atoms. The highest BCUT2D eigenvalue weighted by molar-refractivity contribution is 7.99. The second-order valence-electron chi connectivity index (χ2n) is 4.71. The third-order valence-corrected chi connectivity index (χ3v) is 4.16. The molecule has 0 amide bonds. The van der Waals surface area contributed by atoms with Crippen LogP contribution in [0.25, 0.3) is 5.69 Å². The Kier molecular flexibility index (Phi) is 4.40. The zero-order valence-corrected chi connectivity index (χ0v) is 12.9. The summed E-state index contributed by atoms with van der Waals surface area (Å²) in [6.07, 6.45) is 0. The Bertz CT molecular complexity index is 816. The maximum Gasteiger partial charge on any atom is 0.335 e. The summed E-state index contributed by atoms with van der Waals surface area (Å²) in [5.41, 5.74) is 6.93. The number of hydrogen-bond acceptors (Lipinski definition) is 5. The van der Waals surface area contributed by atoms with E-state index < -0.39 is 5.97 Å². The third kappa shape index (κ3) is 3.25. The molecular weight excluding hydrogens is 312 g/mol. The summed E-state index contributed by atoms with van der Waals surface area (Å²) in [6, 6.07) is 16.4. The fourth-order valence-electron chi connectivity index (χ4n) is 2.11. The molecule has 0 saturated carbocycles. The highest BCUT2D eigenvalue weighted by Gasteiger charge is 2.14. The van der Waals surface area contributed by atoms with Crippen molar-refractivity contribution in [3.63, 3.8) is 0 Å². The molecule has 116 valence electrons. The van der Waals surface area contributed by atoms with E-state index in [1.54, 1.807) is 24.3 Å². The van der Waals surface area contributed by atoms with Crippen LogP contribution >= 0.6 is 11.8 Å². The first-order valence-corrected chi connectivity index (χ1v) is 7.71. The van der Waals surface area contributed by atoms with E-state index in [9.17, 15) is 4.79 Å². The average Bonchev–Trinajstić information content (AvgIpc) is 2.99. The van der Waals surface area contributed by atoms with Gasteiger partial charge in [-0.1, -0.05) is 18.2 Å². The minimum absolute atomic E-state index is 0.251. The molecule has 6 nitrogen and oxygen atoms in total. The van der Waals surface area contributed by atoms with Crippen LogP contribution in [0.5, 0.6) is 0 Å². The highest BCUT2D eigenvalue weighted by atomic mass is 32.2. The third-order valence-electron chi connectivity index (χ3n) is 3.21. The Morgan fingerprint density at radius 3 is 2.39 bits per heavy atom. The van der Waals surface area contributed by atoms with Crippen LogP contribution in [0.15, 0.2) is 64.6 Å². The molecular formula is C16H14N4O2S. The first kappa shape index (κ1) is 15.3. The number of nitrogens with two attached hydrogens (primary N) is 1. The molecule has 0 unspecified atom stereocenters. The number of aromatic nitrogens is 3. The van der Waals surface area contributed by atoms with Crippen molar-refractivity contribution in [3.05, 3.63) is 66.0 Å². The maximum absolute atomic E-state index is 10.9. The molecule has 1 heterocycles. The van der Waals surface area contributed by atoms with Crippen molar-refractivity contribution in [2.24, 2.45) is 5.73 Å². The number of benzene rings is 2. The van der Waals surface area contributed by atoms with Gasteiger partial charge >= 0.3 is 5.97 Å². The van der Waals surface area contributed by atoms with E-state index in [1.165, 1.54) is 11.8 Å². The zero-order valence-electron chi connectivity index (χ0n) is 12.1. The zero-order chi connectivity index (χ0) is 16.2. The second-order valence-corrected chi connectivity index (χ2v) is 5.75. The van der Waals surface area contributed by atoms with E-state index in [0.717, 1.165) is 10.6 Å². The van der Waals surface area contributed by atoms with E-state index in [4.69, 9.17) is 10.8 Å². The van der Waals surface area contributed by atoms with E-state index in [2.05, 4.69) is 10.2 Å². The van der Waals surface area contributed by atoms with Crippen LogP contribution in [-0.4, -0.2) is 25.8 Å². The average molecular weight is 326 g/mol. The van der Waals surface area contributed by atoms with Crippen molar-refractivity contribution < 1.29 is 9.90 Å². The van der Waals surface area contributed by atoms with Gasteiger partial charge in [-0.15, -0.1) is 10.2 Å². The van der Waals surface area contributed by atoms with Gasteiger partial charge in [0.05, 0.1) is 12.1 Å². The number of carboxylic acids is 1. The highest BCUT2D eigenvalue weighted by Crippen LogP contribution is 2.29. The van der Waals surface area contributed by atoms with Gasteiger partial charge in [-0.05, 0) is 48.2 Å². The number of carboxylic acid groups (broad SMARTS) is 1. The second kappa shape index (κ2) is 6.64. The quantitative estimate of drug-likeness (QED) is 0.748. The van der Waals surface area contributed by atoms with E-state index >= 15 is 0 Å². The number of aromatic carboxylic acids is 1. The Morgan fingerprint density at radius 1 is 1.09 bits per heavy atom. The summed E-state index contributed by atoms with van der Waals surface area (Å²) in [6.45, 7) is 0.278. The SMILES string of the molecule is NCc1nnc(Sc2ccc(C(=O)O)cc2)n1-c1ccccc1. The largest absolute Gasteiger partial charge is 0.478 e. The molecule has 0 saturated heterocycles. The Labute approximate surface area is 137 Å². The van der Waals surface area contributed by atoms with Crippen molar-refractivity contribution >= 4 is 17.7 Å². The molecule has 0 aliphatic carbocycles. The molecule has 2 aromatic carbocycles. The lowest BCUT2D eigenvalue weighted by molar-refractivity contribution is 0.0697. The molecule has 0 aliphatic rings. The van der Waals surface area contributed by atoms with E-state index in [0.29, 0.717) is 11.0 Å². The van der Waals surface area contributed by atoms with Gasteiger partial charge in [0.2, 0.25) is 5.16 Å². The van der Waals surface area contributed by atoms with Gasteiger partial charge in [-0.3, -0.25) is 4.57 Å².